The highest BCUT2D eigenvalue weighted by atomic mass is 16.6. The summed E-state index contributed by atoms with van der Waals surface area (Å²) in [5, 5.41) is 5.08. The van der Waals surface area contributed by atoms with Gasteiger partial charge in [0.2, 0.25) is 5.91 Å². The Kier molecular flexibility index (Phi) is 9.73. The molecule has 2 aromatic carbocycles. The van der Waals surface area contributed by atoms with Gasteiger partial charge in [-0.25, -0.2) is 0 Å². The first kappa shape index (κ1) is 31.6. The minimum atomic E-state index is -0.883. The highest BCUT2D eigenvalue weighted by Crippen LogP contribution is 2.28. The number of nitrogens with zero attached hydrogens (tertiary/aromatic N) is 3. The Morgan fingerprint density at radius 3 is 2.05 bits per heavy atom. The summed E-state index contributed by atoms with van der Waals surface area (Å²) in [6.07, 6.45) is 2.46. The quantitative estimate of drug-likeness (QED) is 0.335. The molecule has 2 heterocycles. The number of piperidine rings is 1. The van der Waals surface area contributed by atoms with Crippen LogP contribution in [-0.2, 0) is 14.3 Å². The molecule has 4 rings (SSSR count). The fourth-order valence-corrected chi connectivity index (χ4v) is 5.84. The molecule has 228 valence electrons. The number of imide groups is 1. The van der Waals surface area contributed by atoms with Gasteiger partial charge in [0.1, 0.15) is 11.6 Å². The van der Waals surface area contributed by atoms with Crippen molar-refractivity contribution in [2.75, 3.05) is 33.7 Å². The van der Waals surface area contributed by atoms with Gasteiger partial charge in [0.05, 0.1) is 17.2 Å². The van der Waals surface area contributed by atoms with Crippen molar-refractivity contribution < 1.29 is 23.9 Å². The Balaban J connectivity index is 1.53. The molecule has 0 radical (unpaired) electrons. The second-order valence-electron chi connectivity index (χ2n) is 13.2. The first-order chi connectivity index (χ1) is 19.7. The topological polar surface area (TPSA) is 99.3 Å². The maximum atomic E-state index is 13.8. The molecule has 9 heteroatoms. The van der Waals surface area contributed by atoms with E-state index in [1.165, 1.54) is 4.90 Å². The number of hydrogen-bond donors (Lipinski definition) is 1. The van der Waals surface area contributed by atoms with E-state index in [2.05, 4.69) is 17.3 Å². The van der Waals surface area contributed by atoms with Gasteiger partial charge in [-0.05, 0) is 95.4 Å². The third-order valence-electron chi connectivity index (χ3n) is 8.16. The van der Waals surface area contributed by atoms with Crippen molar-refractivity contribution in [3.8, 4) is 0 Å². The molecule has 2 aliphatic heterocycles. The van der Waals surface area contributed by atoms with Crippen molar-refractivity contribution in [2.45, 2.75) is 84.0 Å². The van der Waals surface area contributed by atoms with E-state index in [0.29, 0.717) is 17.5 Å². The van der Waals surface area contributed by atoms with E-state index in [1.54, 1.807) is 32.9 Å². The van der Waals surface area contributed by atoms with Crippen molar-refractivity contribution in [3.63, 3.8) is 0 Å². The van der Waals surface area contributed by atoms with Crippen molar-refractivity contribution in [1.82, 2.24) is 20.0 Å². The molecule has 1 N–H and O–H groups in total. The molecule has 2 aromatic rings. The minimum absolute atomic E-state index is 0.0208. The molecule has 0 saturated carbocycles. The first-order valence-electron chi connectivity index (χ1n) is 15.1. The number of carbonyl (C=O) groups excluding carboxylic acids is 4. The summed E-state index contributed by atoms with van der Waals surface area (Å²) < 4.78 is 5.74. The number of benzene rings is 2. The summed E-state index contributed by atoms with van der Waals surface area (Å²) in [6.45, 7) is 11.4. The van der Waals surface area contributed by atoms with E-state index in [4.69, 9.17) is 4.74 Å². The lowest BCUT2D eigenvalue weighted by Gasteiger charge is -2.38. The predicted molar refractivity (Wildman–Crippen MR) is 163 cm³/mol. The lowest BCUT2D eigenvalue weighted by atomic mass is 9.98. The minimum Gasteiger partial charge on any atom is -0.459 e. The van der Waals surface area contributed by atoms with E-state index >= 15 is 0 Å². The predicted octanol–water partition coefficient (Wildman–Crippen LogP) is 4.09. The molecule has 3 amide bonds. The zero-order valence-corrected chi connectivity index (χ0v) is 26.1. The molecular formula is C33H46N4O5. The molecule has 0 unspecified atom stereocenters. The number of amides is 3. The van der Waals surface area contributed by atoms with Gasteiger partial charge in [-0.1, -0.05) is 38.1 Å². The van der Waals surface area contributed by atoms with E-state index in [0.717, 1.165) is 36.7 Å². The van der Waals surface area contributed by atoms with Gasteiger partial charge in [0, 0.05) is 19.6 Å². The molecule has 2 aliphatic rings. The standard InChI is InChI=1S/C33H46N4O5/c1-21(2)18-28(31(40)36(7)24-12-15-35(6)16-13-24)34-27(32(41)42-33(3,4)5)14-17-37-29(38)25-19-22-10-8-9-11-23(22)20-26(25)30(37)39/h8-11,19-21,24,27-28,34H,12-18H2,1-7H3/t27-,28+/m1/s1. The van der Waals surface area contributed by atoms with Crippen LogP contribution in [0.2, 0.25) is 0 Å². The van der Waals surface area contributed by atoms with E-state index < -0.39 is 23.7 Å². The molecule has 0 bridgehead atoms. The van der Waals surface area contributed by atoms with Gasteiger partial charge in [-0.3, -0.25) is 29.4 Å². The van der Waals surface area contributed by atoms with Gasteiger partial charge >= 0.3 is 5.97 Å². The van der Waals surface area contributed by atoms with Crippen molar-refractivity contribution in [2.24, 2.45) is 5.92 Å². The van der Waals surface area contributed by atoms with Crippen molar-refractivity contribution in [1.29, 1.82) is 0 Å². The second-order valence-corrected chi connectivity index (χ2v) is 13.2. The van der Waals surface area contributed by atoms with Crippen molar-refractivity contribution in [3.05, 3.63) is 47.5 Å². The molecule has 1 fully saturated rings. The summed E-state index contributed by atoms with van der Waals surface area (Å²) >= 11 is 0. The normalized spacial score (nSPS) is 18.0. The highest BCUT2D eigenvalue weighted by Gasteiger charge is 2.38. The number of likely N-dealkylation sites (N-methyl/N-ethyl adjacent to an activating group) is 1. The van der Waals surface area contributed by atoms with Crippen molar-refractivity contribution >= 4 is 34.5 Å². The molecule has 42 heavy (non-hydrogen) atoms. The Morgan fingerprint density at radius 2 is 1.55 bits per heavy atom. The second kappa shape index (κ2) is 12.9. The monoisotopic (exact) mass is 578 g/mol. The maximum Gasteiger partial charge on any atom is 0.323 e. The van der Waals surface area contributed by atoms with Gasteiger partial charge in [0.25, 0.3) is 11.8 Å². The number of nitrogens with one attached hydrogen (secondary N) is 1. The maximum absolute atomic E-state index is 13.8. The Bertz CT molecular complexity index is 1270. The average Bonchev–Trinajstić information content (AvgIpc) is 3.15. The Hall–Kier alpha value is -3.30. The number of fused-ring (bicyclic) bond motifs is 2. The highest BCUT2D eigenvalue weighted by molar-refractivity contribution is 6.23. The van der Waals surface area contributed by atoms with Crippen LogP contribution < -0.4 is 5.32 Å². The number of esters is 1. The number of likely N-dealkylation sites (tertiary alicyclic amines) is 1. The Labute approximate surface area is 249 Å². The van der Waals surface area contributed by atoms with Gasteiger partial charge < -0.3 is 14.5 Å². The van der Waals surface area contributed by atoms with Crippen LogP contribution in [0.1, 0.15) is 81.0 Å². The summed E-state index contributed by atoms with van der Waals surface area (Å²) in [5.41, 5.74) is -0.00376. The van der Waals surface area contributed by atoms with Crippen LogP contribution >= 0.6 is 0 Å². The molecule has 2 atom stereocenters. The zero-order chi connectivity index (χ0) is 30.8. The van der Waals surface area contributed by atoms with Crippen LogP contribution in [0.5, 0.6) is 0 Å². The van der Waals surface area contributed by atoms with Gasteiger partial charge in [0.15, 0.2) is 0 Å². The van der Waals surface area contributed by atoms with Crippen LogP contribution in [0.25, 0.3) is 10.8 Å². The number of hydrogen-bond acceptors (Lipinski definition) is 7. The smallest absolute Gasteiger partial charge is 0.323 e. The van der Waals surface area contributed by atoms with Crippen LogP contribution in [0.15, 0.2) is 36.4 Å². The van der Waals surface area contributed by atoms with Crippen LogP contribution in [0.3, 0.4) is 0 Å². The lowest BCUT2D eigenvalue weighted by molar-refractivity contribution is -0.158. The molecular weight excluding hydrogens is 532 g/mol. The van der Waals surface area contributed by atoms with Crippen LogP contribution in [0, 0.1) is 5.92 Å². The van der Waals surface area contributed by atoms with Crippen LogP contribution in [0.4, 0.5) is 0 Å². The fourth-order valence-electron chi connectivity index (χ4n) is 5.84. The van der Waals surface area contributed by atoms with E-state index in [1.807, 2.05) is 50.1 Å². The largest absolute Gasteiger partial charge is 0.459 e. The molecule has 9 nitrogen and oxygen atoms in total. The van der Waals surface area contributed by atoms with Gasteiger partial charge in [-0.2, -0.15) is 0 Å². The fraction of sp³-hybridized carbons (Fsp3) is 0.576. The SMILES string of the molecule is CC(C)C[C@H](N[C@H](CCN1C(=O)c2cc3ccccc3cc2C1=O)C(=O)OC(C)(C)C)C(=O)N(C)C1CCN(C)CC1. The summed E-state index contributed by atoms with van der Waals surface area (Å²) in [5.74, 6) is -1.12. The zero-order valence-electron chi connectivity index (χ0n) is 26.1. The summed E-state index contributed by atoms with van der Waals surface area (Å²) in [7, 11) is 3.93. The van der Waals surface area contributed by atoms with E-state index in [-0.39, 0.29) is 42.6 Å². The third kappa shape index (κ3) is 7.36. The van der Waals surface area contributed by atoms with E-state index in [9.17, 15) is 19.2 Å². The average molecular weight is 579 g/mol. The third-order valence-corrected chi connectivity index (χ3v) is 8.16. The molecule has 0 spiro atoms. The number of carbonyl (C=O) groups is 4. The van der Waals surface area contributed by atoms with Gasteiger partial charge in [-0.15, -0.1) is 0 Å². The first-order valence-corrected chi connectivity index (χ1v) is 15.1. The number of rotatable bonds is 10. The summed E-state index contributed by atoms with van der Waals surface area (Å²) in [6, 6.07) is 9.76. The molecule has 1 saturated heterocycles. The lowest BCUT2D eigenvalue weighted by Crippen LogP contribution is -2.56. The molecule has 0 aliphatic carbocycles. The molecule has 0 aromatic heterocycles. The number of ether oxygens (including phenoxy) is 1. The van der Waals surface area contributed by atoms with Crippen LogP contribution in [-0.4, -0.2) is 95.8 Å². The Morgan fingerprint density at radius 1 is 1.00 bits per heavy atom. The summed E-state index contributed by atoms with van der Waals surface area (Å²) in [4.78, 5) is 59.2.